The normalized spacial score (nSPS) is 22.1. The van der Waals surface area contributed by atoms with Gasteiger partial charge in [-0.25, -0.2) is 0 Å². The molecule has 4 nitrogen and oxygen atoms in total. The topological polar surface area (TPSA) is 58.4 Å². The van der Waals surface area contributed by atoms with Crippen LogP contribution in [-0.4, -0.2) is 36.5 Å². The fourth-order valence-corrected chi connectivity index (χ4v) is 3.99. The summed E-state index contributed by atoms with van der Waals surface area (Å²) in [6.45, 7) is 3.60. The van der Waals surface area contributed by atoms with Crippen LogP contribution in [0.3, 0.4) is 0 Å². The van der Waals surface area contributed by atoms with E-state index in [1.54, 1.807) is 0 Å². The number of nitrogens with zero attached hydrogens (tertiary/aromatic N) is 1. The second-order valence-corrected chi connectivity index (χ2v) is 7.20. The molecule has 1 aromatic carbocycles. The number of nitrogens with two attached hydrogens (primary N) is 1. The highest BCUT2D eigenvalue weighted by Gasteiger charge is 2.40. The maximum absolute atomic E-state index is 12.6. The number of benzene rings is 1. The molecule has 3 N–H and O–H groups in total. The summed E-state index contributed by atoms with van der Waals surface area (Å²) in [6.07, 6.45) is 6.28. The third kappa shape index (κ3) is 3.93. The van der Waals surface area contributed by atoms with E-state index in [1.165, 1.54) is 5.56 Å². The van der Waals surface area contributed by atoms with Crippen LogP contribution in [0.2, 0.25) is 0 Å². The van der Waals surface area contributed by atoms with Gasteiger partial charge in [0.1, 0.15) is 0 Å². The van der Waals surface area contributed by atoms with E-state index in [2.05, 4.69) is 40.5 Å². The highest BCUT2D eigenvalue weighted by molar-refractivity contribution is 5.83. The van der Waals surface area contributed by atoms with Crippen molar-refractivity contribution in [2.45, 2.75) is 51.1 Å². The number of likely N-dealkylation sites (tertiary alicyclic amines) is 1. The predicted molar refractivity (Wildman–Crippen MR) is 92.8 cm³/mol. The maximum Gasteiger partial charge on any atom is 0.227 e. The average molecular weight is 315 g/mol. The fraction of sp³-hybridized carbons (Fsp3) is 0.632. The molecule has 4 heteroatoms. The van der Waals surface area contributed by atoms with Crippen LogP contribution in [-0.2, 0) is 11.3 Å². The molecule has 1 aromatic rings. The van der Waals surface area contributed by atoms with Gasteiger partial charge in [-0.1, -0.05) is 43.2 Å². The molecule has 1 aliphatic carbocycles. The zero-order valence-corrected chi connectivity index (χ0v) is 14.0. The Morgan fingerprint density at radius 2 is 1.83 bits per heavy atom. The molecule has 126 valence electrons. The monoisotopic (exact) mass is 315 g/mol. The van der Waals surface area contributed by atoms with Crippen molar-refractivity contribution >= 4 is 5.91 Å². The van der Waals surface area contributed by atoms with Gasteiger partial charge in [-0.05, 0) is 31.2 Å². The summed E-state index contributed by atoms with van der Waals surface area (Å²) in [6, 6.07) is 10.9. The van der Waals surface area contributed by atoms with Gasteiger partial charge in [0.2, 0.25) is 5.91 Å². The maximum atomic E-state index is 12.6. The van der Waals surface area contributed by atoms with Crippen molar-refractivity contribution in [2.75, 3.05) is 19.6 Å². The Labute approximate surface area is 139 Å². The zero-order valence-electron chi connectivity index (χ0n) is 14.0. The first kappa shape index (κ1) is 16.5. The number of amides is 1. The molecule has 1 saturated carbocycles. The number of piperidine rings is 1. The lowest BCUT2D eigenvalue weighted by Crippen LogP contribution is -2.51. The lowest BCUT2D eigenvalue weighted by molar-refractivity contribution is -0.131. The van der Waals surface area contributed by atoms with Crippen LogP contribution in [0.25, 0.3) is 0 Å². The van der Waals surface area contributed by atoms with Crippen LogP contribution in [0.5, 0.6) is 0 Å². The Hall–Kier alpha value is -1.39. The Morgan fingerprint density at radius 3 is 2.43 bits per heavy atom. The lowest BCUT2D eigenvalue weighted by atomic mass is 9.84. The van der Waals surface area contributed by atoms with Crippen molar-refractivity contribution in [3.63, 3.8) is 0 Å². The Kier molecular flexibility index (Phi) is 5.34. The van der Waals surface area contributed by atoms with Crippen LogP contribution in [0.4, 0.5) is 0 Å². The van der Waals surface area contributed by atoms with E-state index < -0.39 is 0 Å². The number of rotatable bonds is 5. The summed E-state index contributed by atoms with van der Waals surface area (Å²) in [5.41, 5.74) is 7.00. The van der Waals surface area contributed by atoms with E-state index in [0.717, 1.165) is 58.2 Å². The summed E-state index contributed by atoms with van der Waals surface area (Å²) in [7, 11) is 0. The van der Waals surface area contributed by atoms with Gasteiger partial charge in [0.25, 0.3) is 0 Å². The van der Waals surface area contributed by atoms with Crippen molar-refractivity contribution in [2.24, 2.45) is 11.1 Å². The first-order valence-corrected chi connectivity index (χ1v) is 8.99. The number of hydrogen-bond acceptors (Lipinski definition) is 3. The van der Waals surface area contributed by atoms with E-state index in [9.17, 15) is 4.79 Å². The molecule has 0 unspecified atom stereocenters. The summed E-state index contributed by atoms with van der Waals surface area (Å²) in [5, 5.41) is 3.29. The van der Waals surface area contributed by atoms with E-state index in [1.807, 2.05) is 0 Å². The van der Waals surface area contributed by atoms with Gasteiger partial charge in [0.15, 0.2) is 0 Å². The third-order valence-electron chi connectivity index (χ3n) is 5.60. The van der Waals surface area contributed by atoms with Gasteiger partial charge >= 0.3 is 0 Å². The molecular weight excluding hydrogens is 286 g/mol. The van der Waals surface area contributed by atoms with Gasteiger partial charge in [-0.15, -0.1) is 0 Å². The standard InChI is InChI=1S/C19H29N3O/c20-15-19(10-4-5-11-19)18(23)21-17-8-12-22(13-9-17)14-16-6-2-1-3-7-16/h1-3,6-7,17H,4-5,8-15,20H2,(H,21,23). The van der Waals surface area contributed by atoms with E-state index in [-0.39, 0.29) is 11.3 Å². The molecule has 1 aliphatic heterocycles. The summed E-state index contributed by atoms with van der Waals surface area (Å²) < 4.78 is 0. The number of nitrogens with one attached hydrogen (secondary N) is 1. The molecule has 2 fully saturated rings. The van der Waals surface area contributed by atoms with Crippen molar-refractivity contribution in [3.05, 3.63) is 35.9 Å². The molecule has 2 aliphatic rings. The molecule has 1 saturated heterocycles. The largest absolute Gasteiger partial charge is 0.353 e. The molecule has 0 bridgehead atoms. The number of carbonyl (C=O) groups is 1. The van der Waals surface area contributed by atoms with Crippen LogP contribution < -0.4 is 11.1 Å². The Bertz CT molecular complexity index is 503. The van der Waals surface area contributed by atoms with Crippen LogP contribution in [0, 0.1) is 5.41 Å². The Morgan fingerprint density at radius 1 is 1.17 bits per heavy atom. The molecule has 3 rings (SSSR count). The molecule has 1 heterocycles. The van der Waals surface area contributed by atoms with Gasteiger partial charge in [-0.2, -0.15) is 0 Å². The smallest absolute Gasteiger partial charge is 0.227 e. The molecule has 0 aromatic heterocycles. The minimum atomic E-state index is -0.277. The second kappa shape index (κ2) is 7.45. The number of carbonyl (C=O) groups excluding carboxylic acids is 1. The van der Waals surface area contributed by atoms with Gasteiger partial charge in [0.05, 0.1) is 5.41 Å². The van der Waals surface area contributed by atoms with Crippen molar-refractivity contribution in [1.29, 1.82) is 0 Å². The third-order valence-corrected chi connectivity index (χ3v) is 5.60. The van der Waals surface area contributed by atoms with Crippen molar-refractivity contribution in [1.82, 2.24) is 10.2 Å². The molecule has 0 radical (unpaired) electrons. The zero-order chi connectivity index (χ0) is 16.1. The minimum Gasteiger partial charge on any atom is -0.353 e. The first-order chi connectivity index (χ1) is 11.2. The van der Waals surface area contributed by atoms with Crippen molar-refractivity contribution in [3.8, 4) is 0 Å². The summed E-state index contributed by atoms with van der Waals surface area (Å²) >= 11 is 0. The second-order valence-electron chi connectivity index (χ2n) is 7.20. The SMILES string of the molecule is NCC1(C(=O)NC2CCN(Cc3ccccc3)CC2)CCCC1. The molecule has 23 heavy (non-hydrogen) atoms. The highest BCUT2D eigenvalue weighted by atomic mass is 16.2. The van der Waals surface area contributed by atoms with Crippen LogP contribution >= 0.6 is 0 Å². The van der Waals surface area contributed by atoms with Crippen LogP contribution in [0.1, 0.15) is 44.1 Å². The van der Waals surface area contributed by atoms with E-state index in [0.29, 0.717) is 12.6 Å². The fourth-order valence-electron chi connectivity index (χ4n) is 3.99. The Balaban J connectivity index is 1.46. The van der Waals surface area contributed by atoms with Crippen LogP contribution in [0.15, 0.2) is 30.3 Å². The predicted octanol–water partition coefficient (Wildman–Crippen LogP) is 2.29. The van der Waals surface area contributed by atoms with E-state index >= 15 is 0 Å². The van der Waals surface area contributed by atoms with Gasteiger partial charge in [-0.3, -0.25) is 9.69 Å². The van der Waals surface area contributed by atoms with Gasteiger partial charge in [0, 0.05) is 32.2 Å². The molecule has 0 atom stereocenters. The highest BCUT2D eigenvalue weighted by Crippen LogP contribution is 2.37. The van der Waals surface area contributed by atoms with Crippen molar-refractivity contribution < 1.29 is 4.79 Å². The quantitative estimate of drug-likeness (QED) is 0.876. The summed E-state index contributed by atoms with van der Waals surface area (Å²) in [4.78, 5) is 15.1. The van der Waals surface area contributed by atoms with Gasteiger partial charge < -0.3 is 11.1 Å². The number of hydrogen-bond donors (Lipinski definition) is 2. The molecular formula is C19H29N3O. The lowest BCUT2D eigenvalue weighted by Gasteiger charge is -2.35. The minimum absolute atomic E-state index is 0.207. The first-order valence-electron chi connectivity index (χ1n) is 8.99. The molecule has 0 spiro atoms. The molecule has 1 amide bonds. The summed E-state index contributed by atoms with van der Waals surface area (Å²) in [5.74, 6) is 0.207. The average Bonchev–Trinajstić information content (AvgIpc) is 3.08. The van der Waals surface area contributed by atoms with E-state index in [4.69, 9.17) is 5.73 Å².